The first-order chi connectivity index (χ1) is 8.10. The van der Waals surface area contributed by atoms with Crippen molar-refractivity contribution in [3.05, 3.63) is 29.8 Å². The molecule has 0 bridgehead atoms. The lowest BCUT2D eigenvalue weighted by Crippen LogP contribution is -2.41. The molecule has 2 N–H and O–H groups in total. The second kappa shape index (κ2) is 6.56. The van der Waals surface area contributed by atoms with Gasteiger partial charge in [0.05, 0.1) is 18.4 Å². The highest BCUT2D eigenvalue weighted by atomic mass is 32.2. The quantitative estimate of drug-likeness (QED) is 0.829. The Hall–Kier alpha value is -1.14. The Labute approximate surface area is 104 Å². The third-order valence-electron chi connectivity index (χ3n) is 2.42. The average molecular weight is 258 g/mol. The second-order valence-electron chi connectivity index (χ2n) is 3.57. The van der Waals surface area contributed by atoms with Crippen LogP contribution in [0.25, 0.3) is 0 Å². The van der Waals surface area contributed by atoms with Crippen molar-refractivity contribution in [3.8, 4) is 0 Å². The Bertz CT molecular complexity index is 385. The van der Waals surface area contributed by atoms with Crippen LogP contribution in [0, 0.1) is 5.82 Å². The largest absolute Gasteiger partial charge is 0.395 e. The van der Waals surface area contributed by atoms with Gasteiger partial charge in [0.15, 0.2) is 5.82 Å². The molecule has 0 saturated heterocycles. The van der Waals surface area contributed by atoms with Gasteiger partial charge in [0.25, 0.3) is 5.91 Å². The summed E-state index contributed by atoms with van der Waals surface area (Å²) >= 11 is 1.45. The van der Waals surface area contributed by atoms with E-state index in [1.165, 1.54) is 24.0 Å². The normalized spacial score (nSPS) is 14.1. The van der Waals surface area contributed by atoms with Gasteiger partial charge in [-0.2, -0.15) is 11.8 Å². The van der Waals surface area contributed by atoms with Gasteiger partial charge in [-0.25, -0.2) is 4.39 Å². The van der Waals surface area contributed by atoms with Crippen LogP contribution in [0.1, 0.15) is 17.3 Å². The summed E-state index contributed by atoms with van der Waals surface area (Å²) in [4.78, 5) is 15.3. The number of aliphatic hydroxyl groups excluding tert-OH is 1. The van der Waals surface area contributed by atoms with Crippen molar-refractivity contribution in [2.24, 2.45) is 0 Å². The second-order valence-corrected chi connectivity index (χ2v) is 4.65. The Balaban J connectivity index is 2.70. The predicted molar refractivity (Wildman–Crippen MR) is 65.5 cm³/mol. The third kappa shape index (κ3) is 3.67. The van der Waals surface area contributed by atoms with Gasteiger partial charge in [0.1, 0.15) is 0 Å². The van der Waals surface area contributed by atoms with Crippen molar-refractivity contribution >= 4 is 17.7 Å². The summed E-state index contributed by atoms with van der Waals surface area (Å²) in [5, 5.41) is 11.6. The van der Waals surface area contributed by atoms with Crippen molar-refractivity contribution < 1.29 is 14.3 Å². The lowest BCUT2D eigenvalue weighted by atomic mass is 10.2. The minimum absolute atomic E-state index is 0.0374. The van der Waals surface area contributed by atoms with Gasteiger partial charge in [-0.15, -0.1) is 0 Å². The smallest absolute Gasteiger partial charge is 0.254 e. The lowest BCUT2D eigenvalue weighted by Gasteiger charge is -2.21. The van der Waals surface area contributed by atoms with Crippen LogP contribution in [-0.4, -0.2) is 40.2 Å². The van der Waals surface area contributed by atoms with Crippen LogP contribution < -0.4 is 5.32 Å². The number of halogens is 1. The third-order valence-corrected chi connectivity index (χ3v) is 3.58. The fourth-order valence-electron chi connectivity index (χ4n) is 1.37. The number of carbonyl (C=O) groups excluding carboxylic acids is 1. The van der Waals surface area contributed by atoms with Gasteiger partial charge >= 0.3 is 0 Å². The van der Waals surface area contributed by atoms with Crippen molar-refractivity contribution in [3.63, 3.8) is 0 Å². The number of pyridine rings is 1. The van der Waals surface area contributed by atoms with Crippen LogP contribution >= 0.6 is 11.8 Å². The SMILES string of the molecule is CS[C@@H](CO)[C@@H](C)NC(=O)c1ccncc1F. The molecule has 94 valence electrons. The molecule has 0 radical (unpaired) electrons. The molecule has 4 nitrogen and oxygen atoms in total. The number of thioether (sulfide) groups is 1. The van der Waals surface area contributed by atoms with E-state index in [2.05, 4.69) is 10.3 Å². The number of hydrogen-bond donors (Lipinski definition) is 2. The van der Waals surface area contributed by atoms with E-state index in [0.717, 1.165) is 6.20 Å². The maximum Gasteiger partial charge on any atom is 0.254 e. The van der Waals surface area contributed by atoms with E-state index >= 15 is 0 Å². The molecule has 0 saturated carbocycles. The summed E-state index contributed by atoms with van der Waals surface area (Å²) in [7, 11) is 0. The van der Waals surface area contributed by atoms with Crippen molar-refractivity contribution in [1.29, 1.82) is 0 Å². The molecule has 1 heterocycles. The maximum absolute atomic E-state index is 13.3. The molecule has 6 heteroatoms. The highest BCUT2D eigenvalue weighted by Gasteiger charge is 2.19. The zero-order chi connectivity index (χ0) is 12.8. The number of aliphatic hydroxyl groups is 1. The maximum atomic E-state index is 13.3. The van der Waals surface area contributed by atoms with E-state index in [1.807, 2.05) is 6.26 Å². The number of rotatable bonds is 5. The van der Waals surface area contributed by atoms with E-state index in [-0.39, 0.29) is 23.5 Å². The minimum Gasteiger partial charge on any atom is -0.395 e. The molecular formula is C11H15FN2O2S. The number of amides is 1. The molecule has 1 amide bonds. The number of nitrogens with zero attached hydrogens (tertiary/aromatic N) is 1. The van der Waals surface area contributed by atoms with E-state index in [1.54, 1.807) is 6.92 Å². The first-order valence-corrected chi connectivity index (χ1v) is 6.43. The van der Waals surface area contributed by atoms with Gasteiger partial charge < -0.3 is 10.4 Å². The van der Waals surface area contributed by atoms with Crippen molar-refractivity contribution in [2.45, 2.75) is 18.2 Å². The highest BCUT2D eigenvalue weighted by Crippen LogP contribution is 2.11. The molecule has 2 atom stereocenters. The zero-order valence-electron chi connectivity index (χ0n) is 9.68. The van der Waals surface area contributed by atoms with Gasteiger partial charge in [0, 0.05) is 17.5 Å². The van der Waals surface area contributed by atoms with Crippen LogP contribution in [0.2, 0.25) is 0 Å². The number of aromatic nitrogens is 1. The molecule has 0 aliphatic rings. The summed E-state index contributed by atoms with van der Waals surface area (Å²) < 4.78 is 13.3. The molecule has 0 aromatic carbocycles. The summed E-state index contributed by atoms with van der Waals surface area (Å²) in [5.41, 5.74) is -0.0374. The van der Waals surface area contributed by atoms with Gasteiger partial charge in [-0.05, 0) is 19.2 Å². The van der Waals surface area contributed by atoms with Gasteiger partial charge in [0.2, 0.25) is 0 Å². The molecule has 17 heavy (non-hydrogen) atoms. The van der Waals surface area contributed by atoms with Crippen LogP contribution in [-0.2, 0) is 0 Å². The molecule has 0 unspecified atom stereocenters. The molecule has 0 aliphatic heterocycles. The summed E-state index contributed by atoms with van der Waals surface area (Å²) in [5.74, 6) is -1.15. The van der Waals surface area contributed by atoms with E-state index in [9.17, 15) is 9.18 Å². The first kappa shape index (κ1) is 13.9. The van der Waals surface area contributed by atoms with Crippen LogP contribution in [0.4, 0.5) is 4.39 Å². The van der Waals surface area contributed by atoms with Gasteiger partial charge in [-0.3, -0.25) is 9.78 Å². The van der Waals surface area contributed by atoms with Crippen molar-refractivity contribution in [1.82, 2.24) is 10.3 Å². The topological polar surface area (TPSA) is 62.2 Å². The molecule has 0 aliphatic carbocycles. The Morgan fingerprint density at radius 3 is 2.94 bits per heavy atom. The molecule has 1 rings (SSSR count). The highest BCUT2D eigenvalue weighted by molar-refractivity contribution is 7.99. The Kier molecular flexibility index (Phi) is 5.37. The van der Waals surface area contributed by atoms with Crippen LogP contribution in [0.15, 0.2) is 18.5 Å². The van der Waals surface area contributed by atoms with Gasteiger partial charge in [-0.1, -0.05) is 0 Å². The monoisotopic (exact) mass is 258 g/mol. The summed E-state index contributed by atoms with van der Waals surface area (Å²) in [6.07, 6.45) is 4.20. The minimum atomic E-state index is -0.651. The van der Waals surface area contributed by atoms with Crippen LogP contribution in [0.5, 0.6) is 0 Å². The molecule has 0 fully saturated rings. The number of carbonyl (C=O) groups is 1. The summed E-state index contributed by atoms with van der Waals surface area (Å²) in [6.45, 7) is 1.73. The molecule has 1 aromatic heterocycles. The van der Waals surface area contributed by atoms with E-state index in [0.29, 0.717) is 0 Å². The standard InChI is InChI=1S/C11H15FN2O2S/c1-7(10(6-15)17-2)14-11(16)8-3-4-13-5-9(8)12/h3-5,7,10,15H,6H2,1-2H3,(H,14,16)/t7-,10+/m1/s1. The van der Waals surface area contributed by atoms with E-state index < -0.39 is 11.7 Å². The fourth-order valence-corrected chi connectivity index (χ4v) is 2.00. The Morgan fingerprint density at radius 2 is 2.41 bits per heavy atom. The lowest BCUT2D eigenvalue weighted by molar-refractivity contribution is 0.0931. The fraction of sp³-hybridized carbons (Fsp3) is 0.455. The summed E-state index contributed by atoms with van der Waals surface area (Å²) in [6, 6.07) is 1.08. The Morgan fingerprint density at radius 1 is 1.71 bits per heavy atom. The average Bonchev–Trinajstić information content (AvgIpc) is 2.31. The predicted octanol–water partition coefficient (Wildman–Crippen LogP) is 1.06. The van der Waals surface area contributed by atoms with Crippen LogP contribution in [0.3, 0.4) is 0 Å². The first-order valence-electron chi connectivity index (χ1n) is 5.14. The molecule has 0 spiro atoms. The molecule has 1 aromatic rings. The number of hydrogen-bond acceptors (Lipinski definition) is 4. The van der Waals surface area contributed by atoms with Crippen molar-refractivity contribution in [2.75, 3.05) is 12.9 Å². The molecular weight excluding hydrogens is 243 g/mol. The number of nitrogens with one attached hydrogen (secondary N) is 1. The zero-order valence-corrected chi connectivity index (χ0v) is 10.5. The van der Waals surface area contributed by atoms with E-state index in [4.69, 9.17) is 5.11 Å².